The summed E-state index contributed by atoms with van der Waals surface area (Å²) in [7, 11) is 5.22. The van der Waals surface area contributed by atoms with Crippen molar-refractivity contribution in [1.29, 1.82) is 0 Å². The number of rotatable bonds is 11. The van der Waals surface area contributed by atoms with E-state index in [0.29, 0.717) is 18.5 Å². The van der Waals surface area contributed by atoms with Crippen molar-refractivity contribution < 1.29 is 14.3 Å². The van der Waals surface area contributed by atoms with E-state index in [1.165, 1.54) is 17.7 Å². The highest BCUT2D eigenvalue weighted by molar-refractivity contribution is 5.82. The Morgan fingerprint density at radius 1 is 1.08 bits per heavy atom. The third-order valence-corrected chi connectivity index (χ3v) is 6.68. The number of amides is 1. The Kier molecular flexibility index (Phi) is 10.2. The van der Waals surface area contributed by atoms with Crippen molar-refractivity contribution in [2.45, 2.75) is 59.2 Å². The van der Waals surface area contributed by atoms with Crippen LogP contribution in [0.2, 0.25) is 0 Å². The molecule has 0 aliphatic rings. The van der Waals surface area contributed by atoms with Crippen molar-refractivity contribution >= 4 is 11.9 Å². The predicted molar refractivity (Wildman–Crippen MR) is 153 cm³/mol. The number of aromatic nitrogens is 2. The van der Waals surface area contributed by atoms with E-state index in [2.05, 4.69) is 10.3 Å². The van der Waals surface area contributed by atoms with Crippen LogP contribution in [0, 0.1) is 19.8 Å². The molecule has 2 heterocycles. The number of hydrogen-bond donors (Lipinski definition) is 1. The topological polar surface area (TPSA) is 93.5 Å². The van der Waals surface area contributed by atoms with E-state index in [4.69, 9.17) is 4.74 Å². The molecule has 1 aromatic carbocycles. The van der Waals surface area contributed by atoms with Crippen molar-refractivity contribution in [3.63, 3.8) is 0 Å². The number of esters is 1. The van der Waals surface area contributed by atoms with E-state index >= 15 is 0 Å². The molecule has 208 valence electrons. The summed E-state index contributed by atoms with van der Waals surface area (Å²) < 4.78 is 6.46. The molecule has 0 saturated carbocycles. The SMILES string of the molecule is COC(=O)C[C@H](NC(=O)C(CC(C)C)n1cc(CN(C)C)ccc1=O)c1cncc(-c2c(C)cccc2C)c1. The number of carbonyl (C=O) groups excluding carboxylic acids is 2. The lowest BCUT2D eigenvalue weighted by atomic mass is 9.94. The normalized spacial score (nSPS) is 12.8. The minimum Gasteiger partial charge on any atom is -0.469 e. The van der Waals surface area contributed by atoms with Gasteiger partial charge in [-0.3, -0.25) is 19.4 Å². The number of benzene rings is 1. The van der Waals surface area contributed by atoms with Crippen molar-refractivity contribution in [2.24, 2.45) is 5.92 Å². The molecule has 0 aliphatic carbocycles. The average Bonchev–Trinajstić information content (AvgIpc) is 2.87. The summed E-state index contributed by atoms with van der Waals surface area (Å²) in [6.45, 7) is 8.75. The maximum atomic E-state index is 13.8. The van der Waals surface area contributed by atoms with Gasteiger partial charge in [0.1, 0.15) is 6.04 Å². The van der Waals surface area contributed by atoms with Crippen LogP contribution in [0.5, 0.6) is 0 Å². The highest BCUT2D eigenvalue weighted by Gasteiger charge is 2.27. The van der Waals surface area contributed by atoms with Crippen LogP contribution >= 0.6 is 0 Å². The quantitative estimate of drug-likeness (QED) is 0.363. The van der Waals surface area contributed by atoms with Crippen molar-refractivity contribution in [2.75, 3.05) is 21.2 Å². The molecule has 2 atom stereocenters. The molecule has 8 heteroatoms. The molecule has 3 rings (SSSR count). The summed E-state index contributed by atoms with van der Waals surface area (Å²) in [6.07, 6.45) is 5.60. The maximum Gasteiger partial charge on any atom is 0.307 e. The minimum atomic E-state index is -0.741. The molecular weight excluding hydrogens is 492 g/mol. The lowest BCUT2D eigenvalue weighted by Crippen LogP contribution is -2.40. The molecule has 1 N–H and O–H groups in total. The van der Waals surface area contributed by atoms with Gasteiger partial charge in [-0.1, -0.05) is 38.1 Å². The second-order valence-corrected chi connectivity index (χ2v) is 10.8. The van der Waals surface area contributed by atoms with Crippen LogP contribution in [-0.4, -0.2) is 47.5 Å². The molecule has 0 spiro atoms. The zero-order valence-corrected chi connectivity index (χ0v) is 24.0. The van der Waals surface area contributed by atoms with Crippen LogP contribution in [0.1, 0.15) is 61.0 Å². The van der Waals surface area contributed by atoms with Crippen LogP contribution in [0.3, 0.4) is 0 Å². The second-order valence-electron chi connectivity index (χ2n) is 10.8. The van der Waals surface area contributed by atoms with Crippen molar-refractivity contribution in [3.05, 3.63) is 87.6 Å². The molecule has 0 fully saturated rings. The number of carbonyl (C=O) groups is 2. The van der Waals surface area contributed by atoms with Gasteiger partial charge in [0.25, 0.3) is 5.56 Å². The van der Waals surface area contributed by atoms with Gasteiger partial charge in [0.2, 0.25) is 5.91 Å². The highest BCUT2D eigenvalue weighted by atomic mass is 16.5. The van der Waals surface area contributed by atoms with Gasteiger partial charge in [-0.05, 0) is 74.2 Å². The summed E-state index contributed by atoms with van der Waals surface area (Å²) in [5.41, 5.74) is 5.55. The zero-order chi connectivity index (χ0) is 28.7. The van der Waals surface area contributed by atoms with Gasteiger partial charge in [-0.15, -0.1) is 0 Å². The van der Waals surface area contributed by atoms with Gasteiger partial charge in [-0.2, -0.15) is 0 Å². The first-order valence-corrected chi connectivity index (χ1v) is 13.2. The summed E-state index contributed by atoms with van der Waals surface area (Å²) in [5.74, 6) is -0.638. The first-order chi connectivity index (χ1) is 18.5. The number of methoxy groups -OCH3 is 1. The van der Waals surface area contributed by atoms with Crippen molar-refractivity contribution in [3.8, 4) is 11.1 Å². The Balaban J connectivity index is 2.01. The fourth-order valence-electron chi connectivity index (χ4n) is 4.87. The maximum absolute atomic E-state index is 13.8. The van der Waals surface area contributed by atoms with Crippen LogP contribution in [0.25, 0.3) is 11.1 Å². The summed E-state index contributed by atoms with van der Waals surface area (Å²) in [6, 6.07) is 9.92. The molecule has 0 radical (unpaired) electrons. The van der Waals surface area contributed by atoms with Crippen LogP contribution in [0.15, 0.2) is 59.8 Å². The monoisotopic (exact) mass is 532 g/mol. The van der Waals surface area contributed by atoms with Crippen LogP contribution in [-0.2, 0) is 20.9 Å². The van der Waals surface area contributed by atoms with Gasteiger partial charge in [0.05, 0.1) is 19.6 Å². The molecule has 0 aliphatic heterocycles. The van der Waals surface area contributed by atoms with E-state index in [9.17, 15) is 14.4 Å². The zero-order valence-electron chi connectivity index (χ0n) is 24.0. The largest absolute Gasteiger partial charge is 0.469 e. The minimum absolute atomic E-state index is 0.0654. The summed E-state index contributed by atoms with van der Waals surface area (Å²) in [5, 5.41) is 3.05. The smallest absolute Gasteiger partial charge is 0.307 e. The van der Waals surface area contributed by atoms with Gasteiger partial charge in [0.15, 0.2) is 0 Å². The molecule has 8 nitrogen and oxygen atoms in total. The Hall–Kier alpha value is -3.78. The van der Waals surface area contributed by atoms with Gasteiger partial charge >= 0.3 is 5.97 Å². The Bertz CT molecular complexity index is 1340. The average molecular weight is 533 g/mol. The van der Waals surface area contributed by atoms with E-state index in [0.717, 1.165) is 27.8 Å². The number of aryl methyl sites for hydroxylation is 2. The predicted octanol–water partition coefficient (Wildman–Crippen LogP) is 4.60. The Morgan fingerprint density at radius 2 is 1.77 bits per heavy atom. The number of pyridine rings is 2. The van der Waals surface area contributed by atoms with Crippen LogP contribution in [0.4, 0.5) is 0 Å². The molecule has 0 bridgehead atoms. The van der Waals surface area contributed by atoms with E-state index in [-0.39, 0.29) is 23.8 Å². The molecule has 0 saturated heterocycles. The molecule has 2 aromatic heterocycles. The molecule has 1 unspecified atom stereocenters. The second kappa shape index (κ2) is 13.3. The number of nitrogens with one attached hydrogen (secondary N) is 1. The van der Waals surface area contributed by atoms with Gasteiger partial charge in [0, 0.05) is 36.8 Å². The number of nitrogens with zero attached hydrogens (tertiary/aromatic N) is 3. The Labute approximate surface area is 231 Å². The third-order valence-electron chi connectivity index (χ3n) is 6.68. The fraction of sp³-hybridized carbons (Fsp3) is 0.419. The Morgan fingerprint density at radius 3 is 2.38 bits per heavy atom. The first kappa shape index (κ1) is 29.8. The molecule has 1 amide bonds. The summed E-state index contributed by atoms with van der Waals surface area (Å²) in [4.78, 5) is 45.6. The standard InChI is InChI=1S/C31H40N4O4/c1-20(2)13-27(35-19-23(18-34(5)6)11-12-28(35)36)31(38)33-26(15-29(37)39-7)24-14-25(17-32-16-24)30-21(3)9-8-10-22(30)4/h8-12,14,16-17,19-20,26-27H,13,15,18H2,1-7H3,(H,33,38)/t26-,27?/m0/s1. The van der Waals surface area contributed by atoms with Gasteiger partial charge < -0.3 is 19.5 Å². The van der Waals surface area contributed by atoms with E-state index < -0.39 is 18.1 Å². The molecule has 3 aromatic rings. The van der Waals surface area contributed by atoms with Gasteiger partial charge in [-0.25, -0.2) is 0 Å². The lowest BCUT2D eigenvalue weighted by Gasteiger charge is -2.26. The molecular formula is C31H40N4O4. The number of ether oxygens (including phenoxy) is 1. The van der Waals surface area contributed by atoms with Crippen molar-refractivity contribution in [1.82, 2.24) is 19.8 Å². The number of hydrogen-bond acceptors (Lipinski definition) is 6. The summed E-state index contributed by atoms with van der Waals surface area (Å²) >= 11 is 0. The van der Waals surface area contributed by atoms with E-state index in [1.807, 2.05) is 71.0 Å². The van der Waals surface area contributed by atoms with E-state index in [1.54, 1.807) is 24.7 Å². The molecule has 39 heavy (non-hydrogen) atoms. The first-order valence-electron chi connectivity index (χ1n) is 13.2. The fourth-order valence-corrected chi connectivity index (χ4v) is 4.87. The lowest BCUT2D eigenvalue weighted by molar-refractivity contribution is -0.141. The highest BCUT2D eigenvalue weighted by Crippen LogP contribution is 2.30. The van der Waals surface area contributed by atoms with Crippen LogP contribution < -0.4 is 10.9 Å². The third kappa shape index (κ3) is 7.86.